The van der Waals surface area contributed by atoms with Crippen LogP contribution in [0.15, 0.2) is 24.3 Å². The van der Waals surface area contributed by atoms with Crippen LogP contribution in [0.1, 0.15) is 19.4 Å². The molecular weight excluding hydrogens is 224 g/mol. The molecule has 0 bridgehead atoms. The van der Waals surface area contributed by atoms with Gasteiger partial charge < -0.3 is 10.2 Å². The van der Waals surface area contributed by atoms with Crippen molar-refractivity contribution in [2.24, 2.45) is 11.8 Å². The molecule has 1 aliphatic rings. The van der Waals surface area contributed by atoms with Gasteiger partial charge in [0.1, 0.15) is 0 Å². The van der Waals surface area contributed by atoms with E-state index in [9.17, 15) is 4.79 Å². The summed E-state index contributed by atoms with van der Waals surface area (Å²) in [5.74, 6) is 0.794. The largest absolute Gasteiger partial charge is 0.316 e. The average molecular weight is 246 g/mol. The minimum absolute atomic E-state index is 0.117. The normalized spacial score (nSPS) is 23.1. The molecule has 18 heavy (non-hydrogen) atoms. The molecule has 3 nitrogen and oxygen atoms in total. The SMILES string of the molecule is CCN(C(=O)C1CNCC1C)c1ccc(C)cc1. The predicted molar refractivity (Wildman–Crippen MR) is 74.7 cm³/mol. The number of rotatable bonds is 3. The van der Waals surface area contributed by atoms with Crippen LogP contribution in [0, 0.1) is 18.8 Å². The Morgan fingerprint density at radius 3 is 2.50 bits per heavy atom. The first-order valence-corrected chi connectivity index (χ1v) is 6.72. The average Bonchev–Trinajstić information content (AvgIpc) is 2.78. The van der Waals surface area contributed by atoms with E-state index in [4.69, 9.17) is 0 Å². The zero-order valence-electron chi connectivity index (χ0n) is 11.4. The number of carbonyl (C=O) groups excluding carboxylic acids is 1. The van der Waals surface area contributed by atoms with Gasteiger partial charge >= 0.3 is 0 Å². The lowest BCUT2D eigenvalue weighted by atomic mass is 9.96. The lowest BCUT2D eigenvalue weighted by molar-refractivity contribution is -0.122. The maximum Gasteiger partial charge on any atom is 0.231 e. The Balaban J connectivity index is 2.17. The van der Waals surface area contributed by atoms with Gasteiger partial charge in [0, 0.05) is 18.8 Å². The van der Waals surface area contributed by atoms with Crippen LogP contribution < -0.4 is 10.2 Å². The number of aryl methyl sites for hydroxylation is 1. The summed E-state index contributed by atoms with van der Waals surface area (Å²) in [5, 5.41) is 3.30. The molecule has 1 amide bonds. The van der Waals surface area contributed by atoms with Crippen molar-refractivity contribution >= 4 is 11.6 Å². The lowest BCUT2D eigenvalue weighted by Gasteiger charge is -2.26. The summed E-state index contributed by atoms with van der Waals surface area (Å²) in [6.07, 6.45) is 0. The topological polar surface area (TPSA) is 32.3 Å². The highest BCUT2D eigenvalue weighted by Gasteiger charge is 2.32. The van der Waals surface area contributed by atoms with E-state index in [2.05, 4.69) is 31.3 Å². The van der Waals surface area contributed by atoms with Crippen molar-refractivity contribution in [3.63, 3.8) is 0 Å². The Morgan fingerprint density at radius 1 is 1.33 bits per heavy atom. The van der Waals surface area contributed by atoms with E-state index >= 15 is 0 Å². The number of hydrogen-bond acceptors (Lipinski definition) is 2. The van der Waals surface area contributed by atoms with Crippen molar-refractivity contribution in [3.05, 3.63) is 29.8 Å². The second kappa shape index (κ2) is 5.53. The fourth-order valence-electron chi connectivity index (χ4n) is 2.53. The molecule has 0 aromatic heterocycles. The third-order valence-electron chi connectivity index (χ3n) is 3.76. The summed E-state index contributed by atoms with van der Waals surface area (Å²) in [5.41, 5.74) is 2.23. The molecule has 98 valence electrons. The molecule has 0 spiro atoms. The van der Waals surface area contributed by atoms with Gasteiger partial charge in [0.2, 0.25) is 5.91 Å². The summed E-state index contributed by atoms with van der Waals surface area (Å²) < 4.78 is 0. The van der Waals surface area contributed by atoms with Crippen LogP contribution in [0.5, 0.6) is 0 Å². The van der Waals surface area contributed by atoms with E-state index in [-0.39, 0.29) is 11.8 Å². The number of amides is 1. The summed E-state index contributed by atoms with van der Waals surface area (Å²) in [6.45, 7) is 8.72. The van der Waals surface area contributed by atoms with Crippen LogP contribution in [0.2, 0.25) is 0 Å². The minimum Gasteiger partial charge on any atom is -0.316 e. The first kappa shape index (κ1) is 13.1. The molecular formula is C15H22N2O. The highest BCUT2D eigenvalue weighted by atomic mass is 16.2. The molecule has 1 aliphatic heterocycles. The molecule has 1 aromatic carbocycles. The van der Waals surface area contributed by atoms with Crippen molar-refractivity contribution in [2.45, 2.75) is 20.8 Å². The molecule has 3 heteroatoms. The number of hydrogen-bond donors (Lipinski definition) is 1. The Bertz CT molecular complexity index is 413. The summed E-state index contributed by atoms with van der Waals surface area (Å²) in [4.78, 5) is 14.5. The van der Waals surface area contributed by atoms with Crippen molar-refractivity contribution in [1.82, 2.24) is 5.32 Å². The lowest BCUT2D eigenvalue weighted by Crippen LogP contribution is -2.38. The van der Waals surface area contributed by atoms with Crippen LogP contribution in [0.4, 0.5) is 5.69 Å². The van der Waals surface area contributed by atoms with Gasteiger partial charge in [-0.1, -0.05) is 24.6 Å². The number of carbonyl (C=O) groups is 1. The van der Waals surface area contributed by atoms with Crippen LogP contribution in [-0.4, -0.2) is 25.5 Å². The van der Waals surface area contributed by atoms with Crippen molar-refractivity contribution < 1.29 is 4.79 Å². The van der Waals surface area contributed by atoms with Crippen LogP contribution in [0.3, 0.4) is 0 Å². The fourth-order valence-corrected chi connectivity index (χ4v) is 2.53. The standard InChI is InChI=1S/C15H22N2O/c1-4-17(13-7-5-11(2)6-8-13)15(18)14-10-16-9-12(14)3/h5-8,12,14,16H,4,9-10H2,1-3H3. The van der Waals surface area contributed by atoms with Gasteiger partial charge in [-0.2, -0.15) is 0 Å². The molecule has 1 heterocycles. The summed E-state index contributed by atoms with van der Waals surface area (Å²) >= 11 is 0. The van der Waals surface area contributed by atoms with Gasteiger partial charge in [0.15, 0.2) is 0 Å². The first-order chi connectivity index (χ1) is 8.63. The van der Waals surface area contributed by atoms with E-state index in [0.29, 0.717) is 5.92 Å². The van der Waals surface area contributed by atoms with Gasteiger partial charge in [0.25, 0.3) is 0 Å². The molecule has 1 fully saturated rings. The van der Waals surface area contributed by atoms with E-state index in [1.54, 1.807) is 0 Å². The molecule has 0 aliphatic carbocycles. The highest BCUT2D eigenvalue weighted by molar-refractivity contribution is 5.95. The smallest absolute Gasteiger partial charge is 0.231 e. The minimum atomic E-state index is 0.117. The fraction of sp³-hybridized carbons (Fsp3) is 0.533. The molecule has 2 atom stereocenters. The van der Waals surface area contributed by atoms with Crippen molar-refractivity contribution in [2.75, 3.05) is 24.5 Å². The number of nitrogens with zero attached hydrogens (tertiary/aromatic N) is 1. The zero-order chi connectivity index (χ0) is 13.1. The number of anilines is 1. The first-order valence-electron chi connectivity index (χ1n) is 6.72. The maximum absolute atomic E-state index is 12.6. The molecule has 0 saturated carbocycles. The van der Waals surface area contributed by atoms with Crippen molar-refractivity contribution in [1.29, 1.82) is 0 Å². The molecule has 2 rings (SSSR count). The van der Waals surface area contributed by atoms with Gasteiger partial charge in [0.05, 0.1) is 5.92 Å². The molecule has 2 unspecified atom stereocenters. The van der Waals surface area contributed by atoms with Crippen LogP contribution >= 0.6 is 0 Å². The quantitative estimate of drug-likeness (QED) is 0.887. The Labute approximate surface area is 109 Å². The predicted octanol–water partition coefficient (Wildman–Crippen LogP) is 2.20. The molecule has 1 saturated heterocycles. The Hall–Kier alpha value is -1.35. The second-order valence-corrected chi connectivity index (χ2v) is 5.16. The van der Waals surface area contributed by atoms with Crippen molar-refractivity contribution in [3.8, 4) is 0 Å². The number of benzene rings is 1. The van der Waals surface area contributed by atoms with E-state index in [1.807, 2.05) is 24.0 Å². The third-order valence-corrected chi connectivity index (χ3v) is 3.76. The zero-order valence-corrected chi connectivity index (χ0v) is 11.4. The Morgan fingerprint density at radius 2 is 2.00 bits per heavy atom. The summed E-state index contributed by atoms with van der Waals surface area (Å²) in [6, 6.07) is 8.18. The van der Waals surface area contributed by atoms with Crippen LogP contribution in [-0.2, 0) is 4.79 Å². The third kappa shape index (κ3) is 2.56. The van der Waals surface area contributed by atoms with Gasteiger partial charge in [-0.25, -0.2) is 0 Å². The van der Waals surface area contributed by atoms with E-state index < -0.39 is 0 Å². The van der Waals surface area contributed by atoms with Crippen LogP contribution in [0.25, 0.3) is 0 Å². The monoisotopic (exact) mass is 246 g/mol. The second-order valence-electron chi connectivity index (χ2n) is 5.16. The number of nitrogens with one attached hydrogen (secondary N) is 1. The Kier molecular flexibility index (Phi) is 4.02. The molecule has 1 N–H and O–H groups in total. The maximum atomic E-state index is 12.6. The van der Waals surface area contributed by atoms with Gasteiger partial charge in [-0.15, -0.1) is 0 Å². The molecule has 0 radical (unpaired) electrons. The van der Waals surface area contributed by atoms with E-state index in [0.717, 1.165) is 25.3 Å². The summed E-state index contributed by atoms with van der Waals surface area (Å²) in [7, 11) is 0. The van der Waals surface area contributed by atoms with Gasteiger partial charge in [-0.05, 0) is 38.4 Å². The van der Waals surface area contributed by atoms with E-state index in [1.165, 1.54) is 5.56 Å². The van der Waals surface area contributed by atoms with Gasteiger partial charge in [-0.3, -0.25) is 4.79 Å². The molecule has 1 aromatic rings. The highest BCUT2D eigenvalue weighted by Crippen LogP contribution is 2.23.